The van der Waals surface area contributed by atoms with Gasteiger partial charge in [-0.05, 0) is 20.8 Å². The van der Waals surface area contributed by atoms with Gasteiger partial charge in [-0.25, -0.2) is 0 Å². The van der Waals surface area contributed by atoms with Crippen LogP contribution in [0.1, 0.15) is 20.8 Å². The second kappa shape index (κ2) is 3.85. The molecular formula is C8H18N2O. The third-order valence-electron chi connectivity index (χ3n) is 1.88. The Bertz CT molecular complexity index is 143. The third-order valence-corrected chi connectivity index (χ3v) is 1.88. The number of nitrogens with one attached hydrogen (secondary N) is 1. The summed E-state index contributed by atoms with van der Waals surface area (Å²) in [7, 11) is 1.66. The molecule has 0 aromatic heterocycles. The first kappa shape index (κ1) is 10.6. The lowest BCUT2D eigenvalue weighted by molar-refractivity contribution is 0.000140. The van der Waals surface area contributed by atoms with Crippen LogP contribution in [-0.2, 0) is 4.74 Å². The van der Waals surface area contributed by atoms with E-state index in [1.807, 2.05) is 20.8 Å². The molecule has 66 valence electrons. The quantitative estimate of drug-likeness (QED) is 0.362. The Hall–Kier alpha value is -0.380. The van der Waals surface area contributed by atoms with Crippen LogP contribution in [0, 0.1) is 0 Å². The minimum atomic E-state index is -0.305. The van der Waals surface area contributed by atoms with Crippen molar-refractivity contribution in [2.45, 2.75) is 32.4 Å². The van der Waals surface area contributed by atoms with Crippen LogP contribution in [0.2, 0.25) is 0 Å². The van der Waals surface area contributed by atoms with Gasteiger partial charge in [-0.3, -0.25) is 11.3 Å². The van der Waals surface area contributed by atoms with E-state index in [-0.39, 0.29) is 11.6 Å². The van der Waals surface area contributed by atoms with Crippen molar-refractivity contribution in [3.8, 4) is 0 Å². The number of hydrogen-bond donors (Lipinski definition) is 2. The molecule has 0 aliphatic carbocycles. The van der Waals surface area contributed by atoms with Crippen LogP contribution in [0.25, 0.3) is 0 Å². The van der Waals surface area contributed by atoms with Crippen molar-refractivity contribution in [1.82, 2.24) is 5.43 Å². The fourth-order valence-corrected chi connectivity index (χ4v) is 1.05. The van der Waals surface area contributed by atoms with E-state index in [1.54, 1.807) is 7.11 Å². The lowest BCUT2D eigenvalue weighted by Gasteiger charge is -2.32. The molecular weight excluding hydrogens is 140 g/mol. The van der Waals surface area contributed by atoms with E-state index < -0.39 is 0 Å². The number of ether oxygens (including phenoxy) is 1. The largest absolute Gasteiger partial charge is 0.377 e. The number of hydrazine groups is 1. The zero-order chi connectivity index (χ0) is 9.07. The summed E-state index contributed by atoms with van der Waals surface area (Å²) in [5.41, 5.74) is 3.33. The maximum absolute atomic E-state index is 5.34. The second-order valence-electron chi connectivity index (χ2n) is 3.25. The van der Waals surface area contributed by atoms with Gasteiger partial charge in [0.15, 0.2) is 0 Å². The molecule has 0 aliphatic rings. The highest BCUT2D eigenvalue weighted by Crippen LogP contribution is 2.17. The van der Waals surface area contributed by atoms with Gasteiger partial charge in [0, 0.05) is 7.11 Å². The Morgan fingerprint density at radius 3 is 2.18 bits per heavy atom. The van der Waals surface area contributed by atoms with Gasteiger partial charge in [-0.15, -0.1) is 0 Å². The molecule has 0 spiro atoms. The normalized spacial score (nSPS) is 14.6. The molecule has 3 nitrogen and oxygen atoms in total. The highest BCUT2D eigenvalue weighted by atomic mass is 16.5. The zero-order valence-corrected chi connectivity index (χ0v) is 7.77. The SMILES string of the molecule is C=C(C)C(NN)C(C)(C)OC. The van der Waals surface area contributed by atoms with Gasteiger partial charge < -0.3 is 4.74 Å². The predicted octanol–water partition coefficient (Wildman–Crippen LogP) is 0.819. The summed E-state index contributed by atoms with van der Waals surface area (Å²) < 4.78 is 5.25. The zero-order valence-electron chi connectivity index (χ0n) is 7.77. The van der Waals surface area contributed by atoms with Crippen LogP contribution in [0.15, 0.2) is 12.2 Å². The molecule has 0 fully saturated rings. The number of methoxy groups -OCH3 is 1. The summed E-state index contributed by atoms with van der Waals surface area (Å²) in [4.78, 5) is 0. The molecule has 0 amide bonds. The van der Waals surface area contributed by atoms with Crippen molar-refractivity contribution in [1.29, 1.82) is 0 Å². The maximum atomic E-state index is 5.34. The van der Waals surface area contributed by atoms with Gasteiger partial charge in [0.1, 0.15) is 0 Å². The van der Waals surface area contributed by atoms with E-state index >= 15 is 0 Å². The second-order valence-corrected chi connectivity index (χ2v) is 3.25. The van der Waals surface area contributed by atoms with Crippen LogP contribution < -0.4 is 11.3 Å². The Morgan fingerprint density at radius 2 is 2.09 bits per heavy atom. The first-order chi connectivity index (χ1) is 4.95. The Kier molecular flexibility index (Phi) is 3.72. The van der Waals surface area contributed by atoms with Crippen LogP contribution >= 0.6 is 0 Å². The van der Waals surface area contributed by atoms with Gasteiger partial charge in [-0.1, -0.05) is 12.2 Å². The monoisotopic (exact) mass is 158 g/mol. The first-order valence-electron chi connectivity index (χ1n) is 3.62. The first-order valence-corrected chi connectivity index (χ1v) is 3.62. The fraction of sp³-hybridized carbons (Fsp3) is 0.750. The van der Waals surface area contributed by atoms with Gasteiger partial charge in [0.2, 0.25) is 0 Å². The fourth-order valence-electron chi connectivity index (χ4n) is 1.05. The van der Waals surface area contributed by atoms with Crippen LogP contribution in [0.5, 0.6) is 0 Å². The van der Waals surface area contributed by atoms with E-state index in [2.05, 4.69) is 12.0 Å². The van der Waals surface area contributed by atoms with Gasteiger partial charge >= 0.3 is 0 Å². The van der Waals surface area contributed by atoms with Crippen molar-refractivity contribution >= 4 is 0 Å². The average Bonchev–Trinajstić information content (AvgIpc) is 1.88. The molecule has 0 aromatic carbocycles. The molecule has 0 aromatic rings. The lowest BCUT2D eigenvalue weighted by atomic mass is 9.94. The standard InChI is InChI=1S/C8H18N2O/c1-6(2)7(10-9)8(3,4)11-5/h7,10H,1,9H2,2-5H3. The lowest BCUT2D eigenvalue weighted by Crippen LogP contribution is -2.51. The van der Waals surface area contributed by atoms with Crippen LogP contribution in [0.3, 0.4) is 0 Å². The highest BCUT2D eigenvalue weighted by Gasteiger charge is 2.28. The van der Waals surface area contributed by atoms with E-state index in [4.69, 9.17) is 10.6 Å². The molecule has 0 radical (unpaired) electrons. The minimum absolute atomic E-state index is 0.00694. The summed E-state index contributed by atoms with van der Waals surface area (Å²) in [6.45, 7) is 9.67. The number of hydrogen-bond acceptors (Lipinski definition) is 3. The summed E-state index contributed by atoms with van der Waals surface area (Å²) in [6, 6.07) is -0.00694. The molecule has 3 N–H and O–H groups in total. The molecule has 11 heavy (non-hydrogen) atoms. The van der Waals surface area contributed by atoms with E-state index in [9.17, 15) is 0 Å². The molecule has 0 saturated carbocycles. The van der Waals surface area contributed by atoms with Crippen molar-refractivity contribution < 1.29 is 4.74 Å². The molecule has 1 unspecified atom stereocenters. The molecule has 0 saturated heterocycles. The third kappa shape index (κ3) is 2.61. The molecule has 0 bridgehead atoms. The average molecular weight is 158 g/mol. The molecule has 0 rings (SSSR count). The molecule has 0 heterocycles. The Morgan fingerprint density at radius 1 is 1.64 bits per heavy atom. The number of nitrogens with two attached hydrogens (primary N) is 1. The van der Waals surface area contributed by atoms with Crippen molar-refractivity contribution in [2.24, 2.45) is 5.84 Å². The maximum Gasteiger partial charge on any atom is 0.0826 e. The molecule has 0 aliphatic heterocycles. The highest BCUT2D eigenvalue weighted by molar-refractivity contribution is 5.08. The molecule has 3 heteroatoms. The van der Waals surface area contributed by atoms with Gasteiger partial charge in [0.25, 0.3) is 0 Å². The van der Waals surface area contributed by atoms with Crippen molar-refractivity contribution in [3.05, 3.63) is 12.2 Å². The van der Waals surface area contributed by atoms with Gasteiger partial charge in [0.05, 0.1) is 11.6 Å². The van der Waals surface area contributed by atoms with E-state index in [0.717, 1.165) is 5.57 Å². The van der Waals surface area contributed by atoms with Crippen LogP contribution in [0.4, 0.5) is 0 Å². The van der Waals surface area contributed by atoms with E-state index in [0.29, 0.717) is 0 Å². The minimum Gasteiger partial charge on any atom is -0.377 e. The van der Waals surface area contributed by atoms with E-state index in [1.165, 1.54) is 0 Å². The Balaban J connectivity index is 4.36. The predicted molar refractivity (Wildman–Crippen MR) is 47.0 cm³/mol. The topological polar surface area (TPSA) is 47.3 Å². The summed E-state index contributed by atoms with van der Waals surface area (Å²) in [5.74, 6) is 5.34. The summed E-state index contributed by atoms with van der Waals surface area (Å²) >= 11 is 0. The smallest absolute Gasteiger partial charge is 0.0826 e. The van der Waals surface area contributed by atoms with Gasteiger partial charge in [-0.2, -0.15) is 0 Å². The summed E-state index contributed by atoms with van der Waals surface area (Å²) in [6.07, 6.45) is 0. The van der Waals surface area contributed by atoms with Crippen LogP contribution in [-0.4, -0.2) is 18.8 Å². The number of rotatable bonds is 4. The van der Waals surface area contributed by atoms with Crippen molar-refractivity contribution in [2.75, 3.05) is 7.11 Å². The molecule has 1 atom stereocenters. The van der Waals surface area contributed by atoms with Crippen molar-refractivity contribution in [3.63, 3.8) is 0 Å². The summed E-state index contributed by atoms with van der Waals surface area (Å²) in [5, 5.41) is 0. The Labute approximate surface area is 68.6 Å².